The number of anilines is 1. The molecular weight excluding hydrogens is 652 g/mol. The Labute approximate surface area is 297 Å². The van der Waals surface area contributed by atoms with Gasteiger partial charge in [-0.3, -0.25) is 14.9 Å². The molecule has 1 aliphatic rings. The zero-order chi connectivity index (χ0) is 36.2. The molecule has 0 aromatic heterocycles. The Bertz CT molecular complexity index is 1870. The number of amides is 4. The van der Waals surface area contributed by atoms with E-state index in [0.29, 0.717) is 73.1 Å². The summed E-state index contributed by atoms with van der Waals surface area (Å²) in [6, 6.07) is 24.5. The Hall–Kier alpha value is -5.97. The van der Waals surface area contributed by atoms with Crippen LogP contribution in [-0.2, 0) is 22.8 Å². The SMILES string of the molecule is CCCOc1ccc(N2C(=O)NC(=O)/C(=C\c3ccc(OCc4ccc(OCc5ccccc5)c(OCC)c4)c(OCC)c3)C2=O)cc1OCC. The van der Waals surface area contributed by atoms with E-state index in [9.17, 15) is 14.4 Å². The molecule has 4 aromatic carbocycles. The van der Waals surface area contributed by atoms with Gasteiger partial charge in [0.05, 0.1) is 32.1 Å². The second kappa shape index (κ2) is 17.6. The van der Waals surface area contributed by atoms with Crippen molar-refractivity contribution in [2.75, 3.05) is 31.3 Å². The van der Waals surface area contributed by atoms with Gasteiger partial charge in [-0.2, -0.15) is 0 Å². The second-order valence-corrected chi connectivity index (χ2v) is 11.3. The Kier molecular flexibility index (Phi) is 12.5. The van der Waals surface area contributed by atoms with Crippen molar-refractivity contribution < 1.29 is 42.8 Å². The molecule has 0 spiro atoms. The lowest BCUT2D eigenvalue weighted by Crippen LogP contribution is -2.54. The first-order chi connectivity index (χ1) is 24.8. The van der Waals surface area contributed by atoms with Crippen LogP contribution in [0.3, 0.4) is 0 Å². The maximum absolute atomic E-state index is 13.7. The number of rotatable bonds is 17. The molecule has 4 amide bonds. The van der Waals surface area contributed by atoms with E-state index in [0.717, 1.165) is 22.4 Å². The van der Waals surface area contributed by atoms with Crippen LogP contribution in [0.2, 0.25) is 0 Å². The summed E-state index contributed by atoms with van der Waals surface area (Å²) < 4.78 is 35.4. The largest absolute Gasteiger partial charge is 0.490 e. The van der Waals surface area contributed by atoms with Crippen LogP contribution in [0.25, 0.3) is 6.08 Å². The summed E-state index contributed by atoms with van der Waals surface area (Å²) in [5, 5.41) is 2.26. The molecule has 0 bridgehead atoms. The monoisotopic (exact) mass is 694 g/mol. The fraction of sp³-hybridized carbons (Fsp3) is 0.275. The molecule has 5 rings (SSSR count). The molecule has 1 saturated heterocycles. The maximum atomic E-state index is 13.7. The Balaban J connectivity index is 1.34. The van der Waals surface area contributed by atoms with Crippen LogP contribution < -0.4 is 38.6 Å². The van der Waals surface area contributed by atoms with Gasteiger partial charge in [-0.15, -0.1) is 0 Å². The molecule has 0 radical (unpaired) electrons. The van der Waals surface area contributed by atoms with E-state index in [2.05, 4.69) is 5.32 Å². The molecule has 4 aromatic rings. The van der Waals surface area contributed by atoms with Crippen molar-refractivity contribution >= 4 is 29.6 Å². The first kappa shape index (κ1) is 36.3. The van der Waals surface area contributed by atoms with Crippen LogP contribution in [0.4, 0.5) is 10.5 Å². The van der Waals surface area contributed by atoms with Crippen LogP contribution >= 0.6 is 0 Å². The summed E-state index contributed by atoms with van der Waals surface area (Å²) in [4.78, 5) is 40.4. The average molecular weight is 695 g/mol. The molecule has 1 aliphatic heterocycles. The second-order valence-electron chi connectivity index (χ2n) is 11.3. The number of hydrogen-bond donors (Lipinski definition) is 1. The smallest absolute Gasteiger partial charge is 0.335 e. The van der Waals surface area contributed by atoms with Crippen molar-refractivity contribution in [3.8, 4) is 34.5 Å². The number of ether oxygens (including phenoxy) is 6. The van der Waals surface area contributed by atoms with E-state index < -0.39 is 17.8 Å². The Morgan fingerprint density at radius 2 is 1.18 bits per heavy atom. The van der Waals surface area contributed by atoms with Crippen molar-refractivity contribution in [1.82, 2.24) is 5.32 Å². The number of urea groups is 1. The lowest BCUT2D eigenvalue weighted by molar-refractivity contribution is -0.122. The van der Waals surface area contributed by atoms with E-state index >= 15 is 0 Å². The number of nitrogens with zero attached hydrogens (tertiary/aromatic N) is 1. The van der Waals surface area contributed by atoms with Crippen LogP contribution in [-0.4, -0.2) is 44.3 Å². The molecule has 1 fully saturated rings. The highest BCUT2D eigenvalue weighted by Crippen LogP contribution is 2.35. The highest BCUT2D eigenvalue weighted by molar-refractivity contribution is 6.39. The van der Waals surface area contributed by atoms with Gasteiger partial charge in [0.1, 0.15) is 18.8 Å². The molecule has 1 N–H and O–H groups in total. The van der Waals surface area contributed by atoms with Gasteiger partial charge >= 0.3 is 6.03 Å². The number of imide groups is 2. The van der Waals surface area contributed by atoms with Gasteiger partial charge in [0.25, 0.3) is 11.8 Å². The van der Waals surface area contributed by atoms with Gasteiger partial charge in [-0.1, -0.05) is 49.4 Å². The maximum Gasteiger partial charge on any atom is 0.335 e. The standard InChI is InChI=1S/C40H42N2O9/c1-5-20-49-32-19-16-30(24-37(32)48-8-4)42-39(44)31(38(43)41-40(42)45)21-28-14-17-33(35(22-28)46-6-2)51-26-29-15-18-34(36(23-29)47-7-3)50-25-27-12-10-9-11-13-27/h9-19,21-24H,5-8,20,25-26H2,1-4H3,(H,41,43,45)/b31-21+. The zero-order valence-electron chi connectivity index (χ0n) is 29.2. The lowest BCUT2D eigenvalue weighted by Gasteiger charge is -2.27. The molecule has 51 heavy (non-hydrogen) atoms. The summed E-state index contributed by atoms with van der Waals surface area (Å²) >= 11 is 0. The lowest BCUT2D eigenvalue weighted by atomic mass is 10.1. The molecule has 0 atom stereocenters. The first-order valence-electron chi connectivity index (χ1n) is 17.0. The molecule has 1 heterocycles. The molecule has 11 heteroatoms. The average Bonchev–Trinajstić information content (AvgIpc) is 3.13. The quantitative estimate of drug-likeness (QED) is 0.0885. The number of barbiturate groups is 1. The summed E-state index contributed by atoms with van der Waals surface area (Å²) in [5.74, 6) is 1.40. The summed E-state index contributed by atoms with van der Waals surface area (Å²) in [5.41, 5.74) is 2.40. The van der Waals surface area contributed by atoms with E-state index in [1.54, 1.807) is 36.4 Å². The van der Waals surface area contributed by atoms with Crippen molar-refractivity contribution in [3.63, 3.8) is 0 Å². The van der Waals surface area contributed by atoms with E-state index in [1.165, 1.54) is 6.08 Å². The number of carbonyl (C=O) groups excluding carboxylic acids is 3. The van der Waals surface area contributed by atoms with Crippen LogP contribution in [0.1, 0.15) is 50.8 Å². The zero-order valence-corrected chi connectivity index (χ0v) is 29.2. The third-order valence-corrected chi connectivity index (χ3v) is 7.57. The number of hydrogen-bond acceptors (Lipinski definition) is 9. The van der Waals surface area contributed by atoms with Gasteiger partial charge in [-0.25, -0.2) is 9.69 Å². The molecule has 266 valence electrons. The van der Waals surface area contributed by atoms with Crippen LogP contribution in [0.5, 0.6) is 34.5 Å². The Morgan fingerprint density at radius 1 is 0.588 bits per heavy atom. The third kappa shape index (κ3) is 9.18. The van der Waals surface area contributed by atoms with Crippen LogP contribution in [0, 0.1) is 0 Å². The highest BCUT2D eigenvalue weighted by atomic mass is 16.5. The van der Waals surface area contributed by atoms with Crippen molar-refractivity contribution in [2.24, 2.45) is 0 Å². The fourth-order valence-electron chi connectivity index (χ4n) is 5.22. The fourth-order valence-corrected chi connectivity index (χ4v) is 5.22. The van der Waals surface area contributed by atoms with Crippen molar-refractivity contribution in [3.05, 3.63) is 107 Å². The van der Waals surface area contributed by atoms with Gasteiger partial charge in [0.15, 0.2) is 34.5 Å². The topological polar surface area (TPSA) is 122 Å². The minimum absolute atomic E-state index is 0.212. The number of nitrogens with one attached hydrogen (secondary N) is 1. The van der Waals surface area contributed by atoms with Gasteiger partial charge < -0.3 is 28.4 Å². The van der Waals surface area contributed by atoms with Gasteiger partial charge in [0, 0.05) is 6.07 Å². The molecule has 0 saturated carbocycles. The normalized spacial score (nSPS) is 13.5. The Morgan fingerprint density at radius 3 is 1.84 bits per heavy atom. The third-order valence-electron chi connectivity index (χ3n) is 7.57. The predicted octanol–water partition coefficient (Wildman–Crippen LogP) is 7.50. The van der Waals surface area contributed by atoms with Gasteiger partial charge in [0.2, 0.25) is 0 Å². The minimum atomic E-state index is -0.867. The van der Waals surface area contributed by atoms with E-state index in [-0.39, 0.29) is 17.9 Å². The van der Waals surface area contributed by atoms with Crippen LogP contribution in [0.15, 0.2) is 90.5 Å². The number of carbonyl (C=O) groups is 3. The molecule has 0 unspecified atom stereocenters. The van der Waals surface area contributed by atoms with Crippen molar-refractivity contribution in [2.45, 2.75) is 47.3 Å². The predicted molar refractivity (Wildman–Crippen MR) is 193 cm³/mol. The summed E-state index contributed by atoms with van der Waals surface area (Å²) in [6.07, 6.45) is 2.21. The van der Waals surface area contributed by atoms with Crippen molar-refractivity contribution in [1.29, 1.82) is 0 Å². The molecule has 0 aliphatic carbocycles. The first-order valence-corrected chi connectivity index (χ1v) is 17.0. The van der Waals surface area contributed by atoms with E-state index in [1.807, 2.05) is 76.2 Å². The van der Waals surface area contributed by atoms with E-state index in [4.69, 9.17) is 28.4 Å². The highest BCUT2D eigenvalue weighted by Gasteiger charge is 2.37. The summed E-state index contributed by atoms with van der Waals surface area (Å²) in [6.45, 7) is 9.82. The molecular formula is C40H42N2O9. The van der Waals surface area contributed by atoms with Gasteiger partial charge in [-0.05, 0) is 86.4 Å². The number of benzene rings is 4. The molecule has 11 nitrogen and oxygen atoms in total. The minimum Gasteiger partial charge on any atom is -0.490 e. The summed E-state index contributed by atoms with van der Waals surface area (Å²) in [7, 11) is 0.